The Labute approximate surface area is 114 Å². The second kappa shape index (κ2) is 6.68. The van der Waals surface area contributed by atoms with E-state index in [1.165, 1.54) is 0 Å². The fourth-order valence-electron chi connectivity index (χ4n) is 2.64. The molecule has 2 unspecified atom stereocenters. The Morgan fingerprint density at radius 2 is 2.16 bits per heavy atom. The van der Waals surface area contributed by atoms with Crippen LogP contribution in [0.25, 0.3) is 0 Å². The molecule has 1 fully saturated rings. The molecular formula is C15H22N2O2. The predicted molar refractivity (Wildman–Crippen MR) is 74.4 cm³/mol. The van der Waals surface area contributed by atoms with Crippen LogP contribution in [0.15, 0.2) is 30.3 Å². The normalized spacial score (nSPS) is 20.5. The number of hydrogen-bond donors (Lipinski definition) is 2. The fraction of sp³-hybridized carbons (Fsp3) is 0.533. The van der Waals surface area contributed by atoms with Crippen molar-refractivity contribution in [3.05, 3.63) is 35.9 Å². The highest BCUT2D eigenvalue weighted by atomic mass is 16.3. The summed E-state index contributed by atoms with van der Waals surface area (Å²) in [5.74, 6) is 0.114. The van der Waals surface area contributed by atoms with Crippen molar-refractivity contribution in [3.8, 4) is 0 Å². The Balaban J connectivity index is 1.83. The van der Waals surface area contributed by atoms with Crippen molar-refractivity contribution >= 4 is 5.91 Å². The number of hydrogen-bond acceptors (Lipinski definition) is 3. The third-order valence-electron chi connectivity index (χ3n) is 3.81. The summed E-state index contributed by atoms with van der Waals surface area (Å²) in [7, 11) is 0. The molecule has 0 saturated carbocycles. The van der Waals surface area contributed by atoms with Crippen molar-refractivity contribution < 1.29 is 9.90 Å². The van der Waals surface area contributed by atoms with Crippen LogP contribution < -0.4 is 5.73 Å². The van der Waals surface area contributed by atoms with Crippen molar-refractivity contribution in [2.24, 2.45) is 5.73 Å². The van der Waals surface area contributed by atoms with E-state index in [2.05, 4.69) is 0 Å². The van der Waals surface area contributed by atoms with Gasteiger partial charge in [-0.1, -0.05) is 30.3 Å². The largest absolute Gasteiger partial charge is 0.394 e. The van der Waals surface area contributed by atoms with E-state index in [9.17, 15) is 9.90 Å². The Hall–Kier alpha value is -1.39. The molecule has 1 aliphatic rings. The first-order valence-electron chi connectivity index (χ1n) is 6.93. The molecule has 104 valence electrons. The number of aliphatic hydroxyl groups excluding tert-OH is 1. The van der Waals surface area contributed by atoms with Crippen LogP contribution in [0.4, 0.5) is 0 Å². The van der Waals surface area contributed by atoms with Gasteiger partial charge in [-0.05, 0) is 24.8 Å². The first-order chi connectivity index (χ1) is 9.22. The number of benzene rings is 1. The van der Waals surface area contributed by atoms with Crippen molar-refractivity contribution in [1.82, 2.24) is 4.90 Å². The highest BCUT2D eigenvalue weighted by Crippen LogP contribution is 2.20. The summed E-state index contributed by atoms with van der Waals surface area (Å²) in [6.07, 6.45) is 3.00. The second-order valence-corrected chi connectivity index (χ2v) is 5.12. The first kappa shape index (κ1) is 14.0. The molecule has 2 rings (SSSR count). The number of rotatable bonds is 5. The average molecular weight is 262 g/mol. The molecule has 3 N–H and O–H groups in total. The summed E-state index contributed by atoms with van der Waals surface area (Å²) in [4.78, 5) is 13.9. The maximum Gasteiger partial charge on any atom is 0.222 e. The van der Waals surface area contributed by atoms with Crippen LogP contribution in [-0.2, 0) is 4.79 Å². The molecule has 0 bridgehead atoms. The molecule has 0 aliphatic carbocycles. The van der Waals surface area contributed by atoms with Gasteiger partial charge < -0.3 is 15.7 Å². The van der Waals surface area contributed by atoms with Crippen molar-refractivity contribution in [3.63, 3.8) is 0 Å². The lowest BCUT2D eigenvalue weighted by molar-refractivity contribution is -0.132. The van der Waals surface area contributed by atoms with Gasteiger partial charge in [-0.25, -0.2) is 0 Å². The lowest BCUT2D eigenvalue weighted by Gasteiger charge is -2.23. The SMILES string of the molecule is NC(CCC(=O)N1CCCC1CO)c1ccccc1. The number of carbonyl (C=O) groups excluding carboxylic acids is 1. The van der Waals surface area contributed by atoms with Crippen LogP contribution in [0.2, 0.25) is 0 Å². The van der Waals surface area contributed by atoms with Crippen LogP contribution in [0.1, 0.15) is 37.3 Å². The third-order valence-corrected chi connectivity index (χ3v) is 3.81. The number of likely N-dealkylation sites (tertiary alicyclic amines) is 1. The smallest absolute Gasteiger partial charge is 0.222 e. The molecule has 4 heteroatoms. The van der Waals surface area contributed by atoms with Gasteiger partial charge in [0.1, 0.15) is 0 Å². The number of aliphatic hydroxyl groups is 1. The van der Waals surface area contributed by atoms with E-state index < -0.39 is 0 Å². The summed E-state index contributed by atoms with van der Waals surface area (Å²) in [6, 6.07) is 9.76. The van der Waals surface area contributed by atoms with Gasteiger partial charge in [0.2, 0.25) is 5.91 Å². The minimum atomic E-state index is -0.0969. The standard InChI is InChI=1S/C15H22N2O2/c16-14(12-5-2-1-3-6-12)8-9-15(19)17-10-4-7-13(17)11-18/h1-3,5-6,13-14,18H,4,7-11,16H2. The zero-order valence-electron chi connectivity index (χ0n) is 11.2. The highest BCUT2D eigenvalue weighted by molar-refractivity contribution is 5.76. The van der Waals surface area contributed by atoms with Crippen molar-refractivity contribution in [1.29, 1.82) is 0 Å². The van der Waals surface area contributed by atoms with Crippen LogP contribution in [0, 0.1) is 0 Å². The Morgan fingerprint density at radius 3 is 2.84 bits per heavy atom. The van der Waals surface area contributed by atoms with E-state index in [-0.39, 0.29) is 24.6 Å². The monoisotopic (exact) mass is 262 g/mol. The van der Waals surface area contributed by atoms with Crippen LogP contribution in [0.3, 0.4) is 0 Å². The van der Waals surface area contributed by atoms with E-state index in [1.807, 2.05) is 30.3 Å². The summed E-state index contributed by atoms with van der Waals surface area (Å²) in [5, 5.41) is 9.22. The van der Waals surface area contributed by atoms with Crippen LogP contribution >= 0.6 is 0 Å². The van der Waals surface area contributed by atoms with Crippen LogP contribution in [0.5, 0.6) is 0 Å². The first-order valence-corrected chi connectivity index (χ1v) is 6.93. The molecule has 2 atom stereocenters. The van der Waals surface area contributed by atoms with Crippen LogP contribution in [-0.4, -0.2) is 35.1 Å². The molecule has 1 saturated heterocycles. The van der Waals surface area contributed by atoms with Gasteiger partial charge in [0, 0.05) is 19.0 Å². The van der Waals surface area contributed by atoms with Crippen molar-refractivity contribution in [2.45, 2.75) is 37.8 Å². The molecule has 1 amide bonds. The van der Waals surface area contributed by atoms with E-state index in [4.69, 9.17) is 5.73 Å². The van der Waals surface area contributed by atoms with Crippen molar-refractivity contribution in [2.75, 3.05) is 13.2 Å². The Kier molecular flexibility index (Phi) is 4.93. The fourth-order valence-corrected chi connectivity index (χ4v) is 2.64. The van der Waals surface area contributed by atoms with Gasteiger partial charge in [0.05, 0.1) is 12.6 Å². The number of nitrogens with zero attached hydrogens (tertiary/aromatic N) is 1. The van der Waals surface area contributed by atoms with Gasteiger partial charge >= 0.3 is 0 Å². The summed E-state index contributed by atoms with van der Waals surface area (Å²) < 4.78 is 0. The zero-order valence-corrected chi connectivity index (χ0v) is 11.2. The highest BCUT2D eigenvalue weighted by Gasteiger charge is 2.27. The second-order valence-electron chi connectivity index (χ2n) is 5.12. The predicted octanol–water partition coefficient (Wildman–Crippen LogP) is 1.45. The molecule has 1 aromatic carbocycles. The molecule has 1 heterocycles. The van der Waals surface area contributed by atoms with Gasteiger partial charge in [-0.2, -0.15) is 0 Å². The van der Waals surface area contributed by atoms with Gasteiger partial charge in [0.25, 0.3) is 0 Å². The Bertz CT molecular complexity index is 408. The molecule has 1 aromatic rings. The lowest BCUT2D eigenvalue weighted by Crippen LogP contribution is -2.37. The number of nitrogens with two attached hydrogens (primary N) is 1. The maximum absolute atomic E-state index is 12.1. The van der Waals surface area contributed by atoms with Gasteiger partial charge in [0.15, 0.2) is 0 Å². The lowest BCUT2D eigenvalue weighted by atomic mass is 10.0. The summed E-state index contributed by atoms with van der Waals surface area (Å²) >= 11 is 0. The maximum atomic E-state index is 12.1. The summed E-state index contributed by atoms with van der Waals surface area (Å²) in [6.45, 7) is 0.834. The van der Waals surface area contributed by atoms with Gasteiger partial charge in [-0.3, -0.25) is 4.79 Å². The average Bonchev–Trinajstić information content (AvgIpc) is 2.93. The number of carbonyl (C=O) groups is 1. The van der Waals surface area contributed by atoms with Gasteiger partial charge in [-0.15, -0.1) is 0 Å². The molecule has 4 nitrogen and oxygen atoms in total. The zero-order chi connectivity index (χ0) is 13.7. The molecule has 0 aromatic heterocycles. The minimum Gasteiger partial charge on any atom is -0.394 e. The molecular weight excluding hydrogens is 240 g/mol. The minimum absolute atomic E-state index is 0.0143. The topological polar surface area (TPSA) is 66.6 Å². The Morgan fingerprint density at radius 1 is 1.42 bits per heavy atom. The van der Waals surface area contributed by atoms with E-state index in [0.717, 1.165) is 24.9 Å². The summed E-state index contributed by atoms with van der Waals surface area (Å²) in [5.41, 5.74) is 7.15. The quantitative estimate of drug-likeness (QED) is 0.844. The van der Waals surface area contributed by atoms with E-state index in [0.29, 0.717) is 12.8 Å². The molecule has 0 spiro atoms. The third kappa shape index (κ3) is 3.55. The van der Waals surface area contributed by atoms with E-state index in [1.54, 1.807) is 4.90 Å². The number of amides is 1. The molecule has 1 aliphatic heterocycles. The molecule has 0 radical (unpaired) electrons. The van der Waals surface area contributed by atoms with E-state index >= 15 is 0 Å². The molecule has 19 heavy (non-hydrogen) atoms.